The summed E-state index contributed by atoms with van der Waals surface area (Å²) in [5.74, 6) is 1.05. The van der Waals surface area contributed by atoms with E-state index in [0.717, 1.165) is 19.3 Å². The van der Waals surface area contributed by atoms with Crippen molar-refractivity contribution in [1.82, 2.24) is 0 Å². The van der Waals surface area contributed by atoms with Gasteiger partial charge in [-0.3, -0.25) is 4.79 Å². The molecular weight excluding hydrogens is 260 g/mol. The van der Waals surface area contributed by atoms with E-state index in [9.17, 15) is 4.79 Å². The summed E-state index contributed by atoms with van der Waals surface area (Å²) < 4.78 is 0. The Bertz CT molecular complexity index is 470. The first kappa shape index (κ1) is 15.2. The van der Waals surface area contributed by atoms with Crippen molar-refractivity contribution in [3.8, 4) is 0 Å². The highest BCUT2D eigenvalue weighted by Gasteiger charge is 2.32. The Morgan fingerprint density at radius 3 is 2.55 bits per heavy atom. The molecule has 1 saturated carbocycles. The number of rotatable bonds is 4. The number of carbonyl (C=O) groups is 1. The van der Waals surface area contributed by atoms with Crippen LogP contribution in [0.1, 0.15) is 37.2 Å². The van der Waals surface area contributed by atoms with Gasteiger partial charge in [0, 0.05) is 12.3 Å². The lowest BCUT2D eigenvalue weighted by molar-refractivity contribution is -0.123. The fraction of sp³-hybridized carbons (Fsp3) is 0.500. The van der Waals surface area contributed by atoms with E-state index in [1.165, 1.54) is 12.0 Å². The molecule has 0 amide bonds. The lowest BCUT2D eigenvalue weighted by Gasteiger charge is -2.30. The quantitative estimate of drug-likeness (QED) is 0.715. The number of Topliss-reactive ketones (excluding diaryl/α,β-unsaturated/α-hetero) is 1. The summed E-state index contributed by atoms with van der Waals surface area (Å²) in [6, 6.07) is 10.3. The van der Waals surface area contributed by atoms with E-state index >= 15 is 0 Å². The molecule has 0 spiro atoms. The van der Waals surface area contributed by atoms with E-state index in [0.29, 0.717) is 11.7 Å². The van der Waals surface area contributed by atoms with Gasteiger partial charge in [0.1, 0.15) is 5.78 Å². The van der Waals surface area contributed by atoms with Gasteiger partial charge in [-0.15, -0.1) is 0 Å². The summed E-state index contributed by atoms with van der Waals surface area (Å²) in [5, 5.41) is 0. The molecule has 1 aliphatic carbocycles. The first-order valence-electron chi connectivity index (χ1n) is 7.73. The van der Waals surface area contributed by atoms with Gasteiger partial charge in [0.15, 0.2) is 0 Å². The zero-order valence-corrected chi connectivity index (χ0v) is 13.9. The molecule has 0 radical (unpaired) electrons. The molecule has 1 aromatic rings. The Morgan fingerprint density at radius 2 is 1.90 bits per heavy atom. The molecule has 2 atom stereocenters. The molecular formula is C18H26OSi. The third kappa shape index (κ3) is 4.17. The summed E-state index contributed by atoms with van der Waals surface area (Å²) in [7, 11) is -1.13. The standard InChI is InChI=1S/C18H26OSi/c1-20(2,3)14-8-12-16-11-7-13-17(19)18(16)15-9-5-4-6-10-15/h4-6,8-10,14,16,18H,7,11-13H2,1-3H3/b14-8+/t16-,18-/m0/s1. The molecule has 108 valence electrons. The van der Waals surface area contributed by atoms with Gasteiger partial charge in [-0.05, 0) is 30.7 Å². The van der Waals surface area contributed by atoms with Crippen LogP contribution in [0, 0.1) is 5.92 Å². The van der Waals surface area contributed by atoms with Crippen LogP contribution in [0.2, 0.25) is 19.6 Å². The van der Waals surface area contributed by atoms with Crippen molar-refractivity contribution >= 4 is 13.9 Å². The van der Waals surface area contributed by atoms with E-state index in [1.54, 1.807) is 0 Å². The highest BCUT2D eigenvalue weighted by atomic mass is 28.3. The van der Waals surface area contributed by atoms with Crippen LogP contribution in [0.25, 0.3) is 0 Å². The number of allylic oxidation sites excluding steroid dienone is 1. The van der Waals surface area contributed by atoms with Crippen LogP contribution in [0.4, 0.5) is 0 Å². The van der Waals surface area contributed by atoms with Crippen molar-refractivity contribution in [3.05, 3.63) is 47.7 Å². The minimum Gasteiger partial charge on any atom is -0.299 e. The molecule has 1 aromatic carbocycles. The van der Waals surface area contributed by atoms with E-state index in [-0.39, 0.29) is 5.92 Å². The maximum absolute atomic E-state index is 12.3. The topological polar surface area (TPSA) is 17.1 Å². The predicted molar refractivity (Wildman–Crippen MR) is 88.6 cm³/mol. The number of ketones is 1. The normalized spacial score (nSPS) is 24.2. The Labute approximate surface area is 124 Å². The second-order valence-corrected chi connectivity index (χ2v) is 12.1. The lowest BCUT2D eigenvalue weighted by Crippen LogP contribution is -2.26. The van der Waals surface area contributed by atoms with Gasteiger partial charge in [-0.25, -0.2) is 0 Å². The van der Waals surface area contributed by atoms with Crippen LogP contribution in [0.5, 0.6) is 0 Å². The highest BCUT2D eigenvalue weighted by molar-refractivity contribution is 6.80. The van der Waals surface area contributed by atoms with E-state index < -0.39 is 8.07 Å². The van der Waals surface area contributed by atoms with Crippen LogP contribution in [0.15, 0.2) is 42.1 Å². The van der Waals surface area contributed by atoms with Gasteiger partial charge >= 0.3 is 0 Å². The lowest BCUT2D eigenvalue weighted by atomic mass is 9.73. The largest absolute Gasteiger partial charge is 0.299 e. The number of hydrogen-bond acceptors (Lipinski definition) is 1. The molecule has 1 nitrogen and oxygen atoms in total. The smallest absolute Gasteiger partial charge is 0.140 e. The molecule has 0 unspecified atom stereocenters. The summed E-state index contributed by atoms with van der Waals surface area (Å²) in [6.45, 7) is 7.05. The van der Waals surface area contributed by atoms with Crippen molar-refractivity contribution in [2.45, 2.75) is 51.2 Å². The van der Waals surface area contributed by atoms with Crippen LogP contribution in [-0.2, 0) is 4.79 Å². The maximum Gasteiger partial charge on any atom is 0.140 e. The van der Waals surface area contributed by atoms with Crippen LogP contribution < -0.4 is 0 Å². The second-order valence-electron chi connectivity index (χ2n) is 7.01. The molecule has 0 aliphatic heterocycles. The Kier molecular flexibility index (Phi) is 4.98. The van der Waals surface area contributed by atoms with E-state index in [1.807, 2.05) is 18.2 Å². The van der Waals surface area contributed by atoms with Gasteiger partial charge in [-0.1, -0.05) is 61.7 Å². The van der Waals surface area contributed by atoms with E-state index in [2.05, 4.69) is 43.5 Å². The molecule has 0 aromatic heterocycles. The minimum atomic E-state index is -1.13. The number of benzene rings is 1. The zero-order chi connectivity index (χ0) is 14.6. The fourth-order valence-electron chi connectivity index (χ4n) is 3.09. The third-order valence-electron chi connectivity index (χ3n) is 4.03. The molecule has 0 N–H and O–H groups in total. The number of carbonyl (C=O) groups excluding carboxylic acids is 1. The average Bonchev–Trinajstić information content (AvgIpc) is 2.38. The van der Waals surface area contributed by atoms with Gasteiger partial charge in [0.05, 0.1) is 8.07 Å². The summed E-state index contributed by atoms with van der Waals surface area (Å²) in [6.07, 6.45) is 6.39. The second kappa shape index (κ2) is 6.53. The summed E-state index contributed by atoms with van der Waals surface area (Å²) in [4.78, 5) is 12.3. The van der Waals surface area contributed by atoms with Crippen molar-refractivity contribution < 1.29 is 4.79 Å². The van der Waals surface area contributed by atoms with Crippen LogP contribution >= 0.6 is 0 Å². The minimum absolute atomic E-state index is 0.122. The number of hydrogen-bond donors (Lipinski definition) is 0. The zero-order valence-electron chi connectivity index (χ0n) is 12.9. The summed E-state index contributed by atoms with van der Waals surface area (Å²) in [5.41, 5.74) is 3.62. The first-order chi connectivity index (χ1) is 9.47. The monoisotopic (exact) mass is 286 g/mol. The van der Waals surface area contributed by atoms with Crippen molar-refractivity contribution in [1.29, 1.82) is 0 Å². The fourth-order valence-corrected chi connectivity index (χ4v) is 3.94. The molecule has 2 heteroatoms. The van der Waals surface area contributed by atoms with E-state index in [4.69, 9.17) is 0 Å². The predicted octanol–water partition coefficient (Wildman–Crippen LogP) is 4.96. The Morgan fingerprint density at radius 1 is 1.20 bits per heavy atom. The average molecular weight is 286 g/mol. The van der Waals surface area contributed by atoms with Crippen molar-refractivity contribution in [2.24, 2.45) is 5.92 Å². The van der Waals surface area contributed by atoms with Gasteiger partial charge in [-0.2, -0.15) is 0 Å². The van der Waals surface area contributed by atoms with Crippen molar-refractivity contribution in [3.63, 3.8) is 0 Å². The third-order valence-corrected chi connectivity index (χ3v) is 5.27. The van der Waals surface area contributed by atoms with Crippen LogP contribution in [-0.4, -0.2) is 13.9 Å². The van der Waals surface area contributed by atoms with Gasteiger partial charge in [0.25, 0.3) is 0 Å². The molecule has 1 fully saturated rings. The van der Waals surface area contributed by atoms with Gasteiger partial charge < -0.3 is 0 Å². The summed E-state index contributed by atoms with van der Waals surface area (Å²) >= 11 is 0. The molecule has 20 heavy (non-hydrogen) atoms. The molecule has 0 heterocycles. The first-order valence-corrected chi connectivity index (χ1v) is 11.3. The maximum atomic E-state index is 12.3. The van der Waals surface area contributed by atoms with Crippen LogP contribution in [0.3, 0.4) is 0 Å². The molecule has 2 rings (SSSR count). The Balaban J connectivity index is 2.13. The van der Waals surface area contributed by atoms with Gasteiger partial charge in [0.2, 0.25) is 0 Å². The SMILES string of the molecule is C[Si](C)(C)/C=C/C[C@@H]1CCCC(=O)[C@H]1c1ccccc1. The highest BCUT2D eigenvalue weighted by Crippen LogP contribution is 2.37. The molecule has 0 bridgehead atoms. The molecule has 1 aliphatic rings. The Hall–Kier alpha value is -1.15. The van der Waals surface area contributed by atoms with Crippen molar-refractivity contribution in [2.75, 3.05) is 0 Å². The molecule has 0 saturated heterocycles.